The minimum atomic E-state index is 0.0586. The molecule has 19 heavy (non-hydrogen) atoms. The maximum absolute atomic E-state index is 4.65. The second-order valence-electron chi connectivity index (χ2n) is 6.36. The Kier molecular flexibility index (Phi) is 2.66. The molecule has 1 aromatic heterocycles. The highest BCUT2D eigenvalue weighted by Crippen LogP contribution is 2.34. The van der Waals surface area contributed by atoms with E-state index in [-0.39, 0.29) is 5.41 Å². The molecule has 1 aliphatic rings. The van der Waals surface area contributed by atoms with Crippen LogP contribution >= 0.6 is 0 Å². The molecule has 1 N–H and O–H groups in total. The van der Waals surface area contributed by atoms with Crippen molar-refractivity contribution in [2.75, 3.05) is 11.9 Å². The Morgan fingerprint density at radius 1 is 1.26 bits per heavy atom. The average Bonchev–Trinajstić information content (AvgIpc) is 2.92. The molecule has 1 aliphatic heterocycles. The summed E-state index contributed by atoms with van der Waals surface area (Å²) in [6.07, 6.45) is 3.26. The van der Waals surface area contributed by atoms with Gasteiger partial charge in [-0.25, -0.2) is 0 Å². The molecule has 2 aromatic rings. The largest absolute Gasteiger partial charge is 0.384 e. The van der Waals surface area contributed by atoms with Gasteiger partial charge in [-0.2, -0.15) is 5.10 Å². The smallest absolute Gasteiger partial charge is 0.0756 e. The van der Waals surface area contributed by atoms with Crippen molar-refractivity contribution in [3.8, 4) is 11.1 Å². The van der Waals surface area contributed by atoms with Crippen molar-refractivity contribution < 1.29 is 0 Å². The first-order valence-corrected chi connectivity index (χ1v) is 6.86. The molecule has 0 radical (unpaired) electrons. The van der Waals surface area contributed by atoms with Gasteiger partial charge in [0.25, 0.3) is 0 Å². The number of hydrogen-bond donors (Lipinski definition) is 1. The van der Waals surface area contributed by atoms with Gasteiger partial charge < -0.3 is 5.32 Å². The highest BCUT2D eigenvalue weighted by Gasteiger charge is 2.23. The zero-order chi connectivity index (χ0) is 13.6. The van der Waals surface area contributed by atoms with Crippen LogP contribution in [0.4, 0.5) is 5.69 Å². The van der Waals surface area contributed by atoms with E-state index in [0.717, 1.165) is 18.7 Å². The number of nitrogens with zero attached hydrogens (tertiary/aromatic N) is 2. The van der Waals surface area contributed by atoms with Crippen LogP contribution in [-0.4, -0.2) is 16.3 Å². The van der Waals surface area contributed by atoms with Gasteiger partial charge in [-0.1, -0.05) is 32.9 Å². The topological polar surface area (TPSA) is 29.9 Å². The summed E-state index contributed by atoms with van der Waals surface area (Å²) in [6, 6.07) is 6.72. The van der Waals surface area contributed by atoms with Crippen LogP contribution in [0.25, 0.3) is 11.1 Å². The van der Waals surface area contributed by atoms with Gasteiger partial charge in [0.15, 0.2) is 0 Å². The van der Waals surface area contributed by atoms with Gasteiger partial charge in [0.1, 0.15) is 0 Å². The van der Waals surface area contributed by atoms with Crippen LogP contribution < -0.4 is 5.32 Å². The predicted molar refractivity (Wildman–Crippen MR) is 79.5 cm³/mol. The van der Waals surface area contributed by atoms with Crippen LogP contribution in [-0.2, 0) is 18.9 Å². The number of nitrogens with one attached hydrogen (secondary N) is 1. The fourth-order valence-corrected chi connectivity index (χ4v) is 2.71. The van der Waals surface area contributed by atoms with Gasteiger partial charge in [-0.3, -0.25) is 4.68 Å². The van der Waals surface area contributed by atoms with E-state index in [1.54, 1.807) is 0 Å². The van der Waals surface area contributed by atoms with E-state index in [1.807, 2.05) is 11.7 Å². The van der Waals surface area contributed by atoms with Crippen LogP contribution in [0.2, 0.25) is 0 Å². The van der Waals surface area contributed by atoms with E-state index in [0.29, 0.717) is 0 Å². The van der Waals surface area contributed by atoms with Gasteiger partial charge in [0.2, 0.25) is 0 Å². The summed E-state index contributed by atoms with van der Waals surface area (Å²) in [5, 5.41) is 8.10. The van der Waals surface area contributed by atoms with Crippen molar-refractivity contribution in [3.63, 3.8) is 0 Å². The Bertz CT molecular complexity index is 617. The third kappa shape index (κ3) is 2.14. The van der Waals surface area contributed by atoms with E-state index < -0.39 is 0 Å². The summed E-state index contributed by atoms with van der Waals surface area (Å²) in [5.41, 5.74) is 6.42. The van der Waals surface area contributed by atoms with Gasteiger partial charge in [0, 0.05) is 36.5 Å². The standard InChI is InChI=1S/C16H21N3/c1-16(2,3)15-13(10-19(4)18-15)12-6-5-11-7-8-17-14(11)9-12/h5-6,9-10,17H,7-8H2,1-4H3. The SMILES string of the molecule is Cn1cc(-c2ccc3c(c2)NCC3)c(C(C)(C)C)n1. The van der Waals surface area contributed by atoms with Crippen molar-refractivity contribution in [1.82, 2.24) is 9.78 Å². The second kappa shape index (κ2) is 4.12. The van der Waals surface area contributed by atoms with Gasteiger partial charge >= 0.3 is 0 Å². The van der Waals surface area contributed by atoms with E-state index in [2.05, 4.69) is 55.6 Å². The van der Waals surface area contributed by atoms with Crippen molar-refractivity contribution in [2.45, 2.75) is 32.6 Å². The molecule has 0 fully saturated rings. The first kappa shape index (κ1) is 12.3. The van der Waals surface area contributed by atoms with Crippen molar-refractivity contribution in [2.24, 2.45) is 7.05 Å². The maximum Gasteiger partial charge on any atom is 0.0756 e. The van der Waals surface area contributed by atoms with Crippen LogP contribution in [0, 0.1) is 0 Å². The number of aryl methyl sites for hydroxylation is 1. The first-order valence-electron chi connectivity index (χ1n) is 6.86. The van der Waals surface area contributed by atoms with E-state index in [9.17, 15) is 0 Å². The number of aromatic nitrogens is 2. The molecule has 0 atom stereocenters. The number of rotatable bonds is 1. The van der Waals surface area contributed by atoms with Crippen molar-refractivity contribution in [1.29, 1.82) is 0 Å². The normalized spacial score (nSPS) is 14.3. The number of anilines is 1. The third-order valence-electron chi connectivity index (χ3n) is 3.67. The third-order valence-corrected chi connectivity index (χ3v) is 3.67. The summed E-state index contributed by atoms with van der Waals surface area (Å²) < 4.78 is 1.91. The summed E-state index contributed by atoms with van der Waals surface area (Å²) in [7, 11) is 1.99. The molecule has 0 saturated carbocycles. The van der Waals surface area contributed by atoms with Crippen molar-refractivity contribution >= 4 is 5.69 Å². The zero-order valence-corrected chi connectivity index (χ0v) is 12.1. The molecule has 2 heterocycles. The summed E-state index contributed by atoms with van der Waals surface area (Å²) >= 11 is 0. The number of fused-ring (bicyclic) bond motifs is 1. The molecule has 0 amide bonds. The molecule has 100 valence electrons. The lowest BCUT2D eigenvalue weighted by molar-refractivity contribution is 0.554. The average molecular weight is 255 g/mol. The van der Waals surface area contributed by atoms with E-state index >= 15 is 0 Å². The molecule has 0 saturated heterocycles. The number of benzene rings is 1. The van der Waals surface area contributed by atoms with Crippen LogP contribution in [0.15, 0.2) is 24.4 Å². The van der Waals surface area contributed by atoms with Crippen LogP contribution in [0.3, 0.4) is 0 Å². The predicted octanol–water partition coefficient (Wildman–Crippen LogP) is 3.35. The lowest BCUT2D eigenvalue weighted by Gasteiger charge is -2.17. The molecular weight excluding hydrogens is 234 g/mol. The Labute approximate surface area is 114 Å². The van der Waals surface area contributed by atoms with E-state index in [4.69, 9.17) is 0 Å². The summed E-state index contributed by atoms with van der Waals surface area (Å²) in [4.78, 5) is 0. The number of hydrogen-bond acceptors (Lipinski definition) is 2. The molecule has 0 aliphatic carbocycles. The molecule has 1 aromatic carbocycles. The Morgan fingerprint density at radius 3 is 2.79 bits per heavy atom. The highest BCUT2D eigenvalue weighted by atomic mass is 15.3. The minimum absolute atomic E-state index is 0.0586. The Morgan fingerprint density at radius 2 is 2.05 bits per heavy atom. The molecule has 0 spiro atoms. The molecule has 0 bridgehead atoms. The fourth-order valence-electron chi connectivity index (χ4n) is 2.71. The minimum Gasteiger partial charge on any atom is -0.384 e. The lowest BCUT2D eigenvalue weighted by atomic mass is 9.87. The molecule has 3 rings (SSSR count). The second-order valence-corrected chi connectivity index (χ2v) is 6.36. The Hall–Kier alpha value is -1.77. The van der Waals surface area contributed by atoms with Gasteiger partial charge in [0.05, 0.1) is 5.69 Å². The maximum atomic E-state index is 4.65. The Balaban J connectivity index is 2.12. The summed E-state index contributed by atoms with van der Waals surface area (Å²) in [6.45, 7) is 7.69. The molecule has 3 nitrogen and oxygen atoms in total. The van der Waals surface area contributed by atoms with Gasteiger partial charge in [-0.15, -0.1) is 0 Å². The van der Waals surface area contributed by atoms with Crippen LogP contribution in [0.1, 0.15) is 32.0 Å². The van der Waals surface area contributed by atoms with Gasteiger partial charge in [-0.05, 0) is 23.6 Å². The molecular formula is C16H21N3. The zero-order valence-electron chi connectivity index (χ0n) is 12.1. The highest BCUT2D eigenvalue weighted by molar-refractivity contribution is 5.73. The first-order chi connectivity index (χ1) is 8.95. The summed E-state index contributed by atoms with van der Waals surface area (Å²) in [5.74, 6) is 0. The monoisotopic (exact) mass is 255 g/mol. The van der Waals surface area contributed by atoms with Crippen LogP contribution in [0.5, 0.6) is 0 Å². The molecule has 3 heteroatoms. The van der Waals surface area contributed by atoms with Crippen molar-refractivity contribution in [3.05, 3.63) is 35.7 Å². The quantitative estimate of drug-likeness (QED) is 0.847. The van der Waals surface area contributed by atoms with E-state index in [1.165, 1.54) is 22.4 Å². The molecule has 0 unspecified atom stereocenters. The fraction of sp³-hybridized carbons (Fsp3) is 0.438. The lowest BCUT2D eigenvalue weighted by Crippen LogP contribution is -2.13.